The molecule has 5 N–H and O–H groups in total. The highest BCUT2D eigenvalue weighted by molar-refractivity contribution is 7.59. The first-order chi connectivity index (χ1) is 35.4. The van der Waals surface area contributed by atoms with Crippen molar-refractivity contribution in [3.63, 3.8) is 0 Å². The number of benzene rings is 4. The lowest BCUT2D eigenvalue weighted by Gasteiger charge is -2.36. The zero-order valence-corrected chi connectivity index (χ0v) is 42.9. The molecular formula is C53H54F6N12O3S2. The normalized spacial score (nSPS) is 17.3. The van der Waals surface area contributed by atoms with Gasteiger partial charge in [0.25, 0.3) is 0 Å². The van der Waals surface area contributed by atoms with Crippen LogP contribution in [0.1, 0.15) is 54.9 Å². The molecule has 2 aromatic heterocycles. The van der Waals surface area contributed by atoms with E-state index in [1.807, 2.05) is 43.3 Å². The first-order valence-corrected chi connectivity index (χ1v) is 24.1. The summed E-state index contributed by atoms with van der Waals surface area (Å²) in [5.74, 6) is 0.799. The molecule has 15 nitrogen and oxygen atoms in total. The maximum atomic E-state index is 13.5. The summed E-state index contributed by atoms with van der Waals surface area (Å²) in [6.45, 7) is 5.55. The number of rotatable bonds is 10. The second kappa shape index (κ2) is 22.1. The molecule has 0 aliphatic carbocycles. The Kier molecular flexibility index (Phi) is 15.9. The molecule has 2 fully saturated rings. The van der Waals surface area contributed by atoms with Gasteiger partial charge in [0, 0.05) is 74.6 Å². The number of aromatic nitrogens is 2. The van der Waals surface area contributed by atoms with Crippen LogP contribution in [0.2, 0.25) is 0 Å². The first-order valence-electron chi connectivity index (χ1n) is 24.1. The molecule has 4 aromatic carbocycles. The Bertz CT molecular complexity index is 3140. The van der Waals surface area contributed by atoms with Crippen LogP contribution in [0.3, 0.4) is 0 Å². The largest absolute Gasteiger partial charge is 0.416 e. The van der Waals surface area contributed by atoms with Gasteiger partial charge in [0.2, 0.25) is 5.91 Å². The number of alkyl halides is 6. The minimum atomic E-state index is -4.47. The number of pyridine rings is 2. The monoisotopic (exact) mass is 1080 g/mol. The van der Waals surface area contributed by atoms with E-state index in [0.29, 0.717) is 84.5 Å². The van der Waals surface area contributed by atoms with E-state index < -0.39 is 29.1 Å². The van der Waals surface area contributed by atoms with Crippen molar-refractivity contribution in [1.29, 1.82) is 0 Å². The van der Waals surface area contributed by atoms with Gasteiger partial charge in [-0.2, -0.15) is 63.6 Å². The SMILES string of the molecule is CC1(CCC(=O)NCc2ccc(NC(=O)N3c4nc(-c5cccc(C(F)(F)F)c5)ccc4N4CC[C@H]3C4)cc2)N=N1.NCc1ccc(NC(=O)N2c3nc(-c4cccc(C(F)(F)F)c4)ccc3N3CC[C@H]2C3)cc1.S.S. The molecule has 0 unspecified atom stereocenters. The van der Waals surface area contributed by atoms with E-state index in [1.165, 1.54) is 12.1 Å². The number of nitrogens with one attached hydrogen (secondary N) is 3. The topological polar surface area (TPSA) is 177 Å². The van der Waals surface area contributed by atoms with Crippen molar-refractivity contribution in [3.05, 3.63) is 144 Å². The minimum absolute atomic E-state index is 0. The third-order valence-electron chi connectivity index (χ3n) is 13.7. The van der Waals surface area contributed by atoms with Crippen LogP contribution >= 0.6 is 27.0 Å². The van der Waals surface area contributed by atoms with Crippen molar-refractivity contribution < 1.29 is 40.7 Å². The van der Waals surface area contributed by atoms with E-state index in [-0.39, 0.29) is 57.0 Å². The summed E-state index contributed by atoms with van der Waals surface area (Å²) in [5, 5.41) is 16.5. The fourth-order valence-corrected chi connectivity index (χ4v) is 9.60. The number of halogens is 6. The zero-order valence-electron chi connectivity index (χ0n) is 40.9. The lowest BCUT2D eigenvalue weighted by atomic mass is 10.1. The summed E-state index contributed by atoms with van der Waals surface area (Å²) < 4.78 is 79.5. The fraction of sp³-hybridized carbons (Fsp3) is 0.302. The Labute approximate surface area is 447 Å². The summed E-state index contributed by atoms with van der Waals surface area (Å²) in [6.07, 6.45) is -6.45. The lowest BCUT2D eigenvalue weighted by molar-refractivity contribution is -0.138. The molecule has 5 aliphatic heterocycles. The van der Waals surface area contributed by atoms with Crippen LogP contribution in [0, 0.1) is 0 Å². The van der Waals surface area contributed by atoms with Gasteiger partial charge in [-0.15, -0.1) is 0 Å². The van der Waals surface area contributed by atoms with Crippen molar-refractivity contribution in [3.8, 4) is 22.5 Å². The summed E-state index contributed by atoms with van der Waals surface area (Å²) in [6, 6.07) is 30.7. The number of fused-ring (bicyclic) bond motifs is 8. The van der Waals surface area contributed by atoms with E-state index >= 15 is 0 Å². The fourth-order valence-electron chi connectivity index (χ4n) is 9.60. The molecule has 0 radical (unpaired) electrons. The number of nitrogens with zero attached hydrogens (tertiary/aromatic N) is 8. The van der Waals surface area contributed by atoms with E-state index in [9.17, 15) is 40.7 Å². The summed E-state index contributed by atoms with van der Waals surface area (Å²) in [7, 11) is 0. The number of carbonyl (C=O) groups excluding carboxylic acids is 3. The van der Waals surface area contributed by atoms with Gasteiger partial charge in [0.1, 0.15) is 0 Å². The number of carbonyl (C=O) groups is 3. The maximum absolute atomic E-state index is 13.5. The summed E-state index contributed by atoms with van der Waals surface area (Å²) in [5.41, 5.74) is 9.76. The predicted octanol–water partition coefficient (Wildman–Crippen LogP) is 11.1. The quantitative estimate of drug-likeness (QED) is 0.0980. The van der Waals surface area contributed by atoms with Crippen LogP contribution in [0.25, 0.3) is 22.5 Å². The van der Waals surface area contributed by atoms with Crippen molar-refractivity contribution in [2.24, 2.45) is 16.0 Å². The molecule has 7 heterocycles. The Morgan fingerprint density at radius 1 is 0.632 bits per heavy atom. The molecule has 76 heavy (non-hydrogen) atoms. The van der Waals surface area contributed by atoms with Crippen molar-refractivity contribution in [1.82, 2.24) is 15.3 Å². The van der Waals surface area contributed by atoms with Gasteiger partial charge in [0.15, 0.2) is 17.3 Å². The third kappa shape index (κ3) is 12.0. The average Bonchev–Trinajstić information content (AvgIpc) is 3.76. The van der Waals surface area contributed by atoms with Crippen LogP contribution < -0.4 is 41.3 Å². The minimum Gasteiger partial charge on any atom is -0.366 e. The molecule has 23 heteroatoms. The van der Waals surface area contributed by atoms with Crippen LogP contribution in [-0.4, -0.2) is 71.9 Å². The number of hydrogen-bond donors (Lipinski definition) is 4. The highest BCUT2D eigenvalue weighted by atomic mass is 32.1. The molecule has 2 atom stereocenters. The number of nitrogens with two attached hydrogens (primary N) is 1. The zero-order chi connectivity index (χ0) is 51.9. The first kappa shape index (κ1) is 54.9. The predicted molar refractivity (Wildman–Crippen MR) is 289 cm³/mol. The molecule has 6 aromatic rings. The number of anilines is 6. The smallest absolute Gasteiger partial charge is 0.366 e. The van der Waals surface area contributed by atoms with Gasteiger partial charge >= 0.3 is 24.4 Å². The lowest BCUT2D eigenvalue weighted by Crippen LogP contribution is -2.48. The number of hydrogen-bond acceptors (Lipinski definition) is 10. The van der Waals surface area contributed by atoms with Gasteiger partial charge in [-0.25, -0.2) is 19.6 Å². The van der Waals surface area contributed by atoms with Gasteiger partial charge < -0.3 is 31.5 Å². The average molecular weight is 1090 g/mol. The molecule has 2 saturated heterocycles. The van der Waals surface area contributed by atoms with Gasteiger partial charge in [-0.05, 0) is 104 Å². The summed E-state index contributed by atoms with van der Waals surface area (Å²) in [4.78, 5) is 55.8. The molecule has 5 amide bonds. The van der Waals surface area contributed by atoms with E-state index in [2.05, 4.69) is 45.9 Å². The third-order valence-corrected chi connectivity index (χ3v) is 13.7. The van der Waals surface area contributed by atoms with Gasteiger partial charge in [-0.3, -0.25) is 14.6 Å². The van der Waals surface area contributed by atoms with E-state index in [1.54, 1.807) is 58.3 Å². The van der Waals surface area contributed by atoms with Crippen molar-refractivity contribution in [2.75, 3.05) is 56.4 Å². The van der Waals surface area contributed by atoms with Crippen LogP contribution in [0.5, 0.6) is 0 Å². The van der Waals surface area contributed by atoms with Gasteiger partial charge in [-0.1, -0.05) is 48.5 Å². The van der Waals surface area contributed by atoms with Crippen LogP contribution in [0.15, 0.2) is 132 Å². The second-order valence-electron chi connectivity index (χ2n) is 18.9. The molecule has 0 saturated carbocycles. The van der Waals surface area contributed by atoms with E-state index in [0.717, 1.165) is 72.7 Å². The van der Waals surface area contributed by atoms with Gasteiger partial charge in [0.05, 0.1) is 46.0 Å². The Morgan fingerprint density at radius 2 is 1.08 bits per heavy atom. The van der Waals surface area contributed by atoms with Crippen LogP contribution in [0.4, 0.5) is 70.3 Å². The van der Waals surface area contributed by atoms with Crippen LogP contribution in [-0.2, 0) is 30.2 Å². The Hall–Kier alpha value is -7.37. The Balaban J connectivity index is 0.000000201. The molecule has 4 bridgehead atoms. The standard InChI is InChI=1S/C29H28F3N7O2.C24H22F3N5O.2H2S/c1-28(36-37-28)13-11-25(40)33-16-18-5-7-21(8-6-18)34-27(41)39-22-12-14-38(17-22)24-10-9-23(35-26(24)39)19-3-2-4-20(15-19)29(30,31)32;25-24(26,27)17-3-1-2-16(12-17)20-8-9-21-22(30-20)32(19-10-11-31(21)14-19)23(33)29-18-6-4-15(13-28)5-7-18;;/h2-10,15,22H,11-14,16-17H2,1H3,(H,33,40)(H,34,41);1-9,12,19H,10-11,13-14,28H2,(H,29,33);2*1H2/t22-;19-;;/m00../s1. The second-order valence-corrected chi connectivity index (χ2v) is 18.9. The molecule has 11 rings (SSSR count). The Morgan fingerprint density at radius 3 is 1.50 bits per heavy atom. The van der Waals surface area contributed by atoms with Crippen molar-refractivity contribution in [2.45, 2.75) is 75.8 Å². The number of amides is 5. The number of urea groups is 2. The molecular weight excluding hydrogens is 1030 g/mol. The van der Waals surface area contributed by atoms with Crippen molar-refractivity contribution >= 4 is 79.3 Å². The molecule has 5 aliphatic rings. The molecule has 0 spiro atoms. The highest BCUT2D eigenvalue weighted by Gasteiger charge is 2.42. The highest BCUT2D eigenvalue weighted by Crippen LogP contribution is 2.43. The summed E-state index contributed by atoms with van der Waals surface area (Å²) >= 11 is 0. The maximum Gasteiger partial charge on any atom is 0.416 e. The van der Waals surface area contributed by atoms with E-state index in [4.69, 9.17) is 5.73 Å². The molecule has 398 valence electrons.